The molecule has 0 radical (unpaired) electrons. The highest BCUT2D eigenvalue weighted by Gasteiger charge is 2.16. The number of nitrogens with zero attached hydrogens (tertiary/aromatic N) is 4. The normalized spacial score (nSPS) is 11.2. The third kappa shape index (κ3) is 5.57. The van der Waals surface area contributed by atoms with Crippen LogP contribution >= 0.6 is 0 Å². The monoisotopic (exact) mass is 642 g/mol. The molecule has 0 aliphatic carbocycles. The molecule has 0 amide bonds. The molecule has 5 heteroatoms. The first-order valence-corrected chi connectivity index (χ1v) is 16.6. The zero-order chi connectivity index (χ0) is 33.3. The molecule has 0 unspecified atom stereocenters. The van der Waals surface area contributed by atoms with Crippen LogP contribution in [0.5, 0.6) is 11.5 Å². The van der Waals surface area contributed by atoms with Gasteiger partial charge in [-0.2, -0.15) is 0 Å². The molecule has 6 aromatic carbocycles. The van der Waals surface area contributed by atoms with Crippen molar-refractivity contribution in [2.45, 2.75) is 0 Å². The van der Waals surface area contributed by atoms with E-state index < -0.39 is 0 Å². The van der Waals surface area contributed by atoms with Gasteiger partial charge < -0.3 is 4.74 Å². The van der Waals surface area contributed by atoms with Crippen LogP contribution in [0.2, 0.25) is 0 Å². The molecule has 0 saturated carbocycles. The maximum Gasteiger partial charge on any atom is 0.234 e. The first-order chi connectivity index (χ1) is 24.8. The minimum Gasteiger partial charge on any atom is -0.457 e. The fourth-order valence-electron chi connectivity index (χ4n) is 6.61. The van der Waals surface area contributed by atoms with Crippen molar-refractivity contribution in [2.24, 2.45) is 0 Å². The van der Waals surface area contributed by atoms with Crippen molar-refractivity contribution < 1.29 is 4.74 Å². The predicted molar refractivity (Wildman–Crippen MR) is 202 cm³/mol. The summed E-state index contributed by atoms with van der Waals surface area (Å²) in [6.07, 6.45) is 5.40. The molecule has 0 saturated heterocycles. The minimum absolute atomic E-state index is 0.607. The lowest BCUT2D eigenvalue weighted by molar-refractivity contribution is 0.483. The van der Waals surface area contributed by atoms with Crippen LogP contribution in [-0.4, -0.2) is 19.5 Å². The van der Waals surface area contributed by atoms with E-state index in [1.165, 1.54) is 11.1 Å². The molecule has 0 N–H and O–H groups in total. The van der Waals surface area contributed by atoms with Gasteiger partial charge in [-0.05, 0) is 88.0 Å². The number of aromatic nitrogens is 4. The fraction of sp³-hybridized carbons (Fsp3) is 0. The van der Waals surface area contributed by atoms with E-state index in [-0.39, 0.29) is 0 Å². The summed E-state index contributed by atoms with van der Waals surface area (Å²) >= 11 is 0. The molecule has 5 nitrogen and oxygen atoms in total. The van der Waals surface area contributed by atoms with Gasteiger partial charge in [0.05, 0.1) is 16.7 Å². The average Bonchev–Trinajstić information content (AvgIpc) is 3.52. The van der Waals surface area contributed by atoms with E-state index in [0.717, 1.165) is 66.8 Å². The highest BCUT2D eigenvalue weighted by atomic mass is 16.5. The van der Waals surface area contributed by atoms with E-state index >= 15 is 0 Å². The van der Waals surface area contributed by atoms with Crippen LogP contribution in [0.15, 0.2) is 182 Å². The van der Waals surface area contributed by atoms with Gasteiger partial charge in [0, 0.05) is 41.0 Å². The van der Waals surface area contributed by atoms with Crippen molar-refractivity contribution in [3.05, 3.63) is 182 Å². The average molecular weight is 643 g/mol. The van der Waals surface area contributed by atoms with Crippen LogP contribution in [0, 0.1) is 0 Å². The van der Waals surface area contributed by atoms with Crippen molar-refractivity contribution in [3.63, 3.8) is 0 Å². The fourth-order valence-corrected chi connectivity index (χ4v) is 6.61. The third-order valence-corrected chi connectivity index (χ3v) is 9.05. The lowest BCUT2D eigenvalue weighted by Crippen LogP contribution is -1.99. The molecule has 0 bridgehead atoms. The van der Waals surface area contributed by atoms with E-state index in [1.807, 2.05) is 66.9 Å². The molecule has 9 aromatic rings. The highest BCUT2D eigenvalue weighted by molar-refractivity contribution is 6.10. The molecule has 0 spiro atoms. The second-order valence-corrected chi connectivity index (χ2v) is 12.2. The second-order valence-electron chi connectivity index (χ2n) is 12.2. The summed E-state index contributed by atoms with van der Waals surface area (Å²) in [6, 6.07) is 56.4. The first-order valence-electron chi connectivity index (χ1n) is 16.6. The standard InChI is InChI=1S/C45H30N4O/c1-3-9-31(10-4-1)33-15-17-34(18-16-33)35-19-22-43-41(28-35)40-21-20-39(30-44(40)49(43)45-47-24-8-25-48-45)50-38-14-7-13-37(27-38)42-29-36(23-26-46-42)32-11-5-2-6-12-32/h1-30H. The molecule has 3 heterocycles. The van der Waals surface area contributed by atoms with E-state index in [2.05, 4.69) is 123 Å². The Hall–Kier alpha value is -6.85. The predicted octanol–water partition coefficient (Wildman–Crippen LogP) is 11.4. The van der Waals surface area contributed by atoms with Crippen LogP contribution in [0.3, 0.4) is 0 Å². The number of ether oxygens (including phenoxy) is 1. The zero-order valence-electron chi connectivity index (χ0n) is 27.0. The summed E-state index contributed by atoms with van der Waals surface area (Å²) in [5.41, 5.74) is 10.9. The van der Waals surface area contributed by atoms with Gasteiger partial charge in [0.15, 0.2) is 0 Å². The van der Waals surface area contributed by atoms with Crippen molar-refractivity contribution in [1.29, 1.82) is 0 Å². The number of hydrogen-bond donors (Lipinski definition) is 0. The minimum atomic E-state index is 0.607. The third-order valence-electron chi connectivity index (χ3n) is 9.05. The quantitative estimate of drug-likeness (QED) is 0.174. The summed E-state index contributed by atoms with van der Waals surface area (Å²) in [5.74, 6) is 2.06. The van der Waals surface area contributed by atoms with E-state index in [9.17, 15) is 0 Å². The lowest BCUT2D eigenvalue weighted by Gasteiger charge is -2.10. The largest absolute Gasteiger partial charge is 0.457 e. The lowest BCUT2D eigenvalue weighted by atomic mass is 9.99. The van der Waals surface area contributed by atoms with Gasteiger partial charge in [-0.1, -0.05) is 103 Å². The van der Waals surface area contributed by atoms with Gasteiger partial charge in [0.2, 0.25) is 5.95 Å². The molecule has 9 rings (SSSR count). The Kier molecular flexibility index (Phi) is 7.41. The Morgan fingerprint density at radius 3 is 1.74 bits per heavy atom. The second kappa shape index (κ2) is 12.6. The summed E-state index contributed by atoms with van der Waals surface area (Å²) < 4.78 is 8.62. The SMILES string of the molecule is c1ccc(-c2ccc(-c3ccc4c(c3)c3ccc(Oc5cccc(-c6cc(-c7ccccc7)ccn6)c5)cc3n4-c3ncccn3)cc2)cc1. The Bertz CT molecular complexity index is 2600. The Labute approximate surface area is 289 Å². The van der Waals surface area contributed by atoms with Gasteiger partial charge in [0.25, 0.3) is 0 Å². The van der Waals surface area contributed by atoms with Crippen LogP contribution in [0.4, 0.5) is 0 Å². The molecule has 3 aromatic heterocycles. The van der Waals surface area contributed by atoms with E-state index in [4.69, 9.17) is 4.74 Å². The maximum absolute atomic E-state index is 6.51. The summed E-state index contributed by atoms with van der Waals surface area (Å²) in [5, 5.41) is 2.22. The van der Waals surface area contributed by atoms with Gasteiger partial charge >= 0.3 is 0 Å². The molecular formula is C45H30N4O. The molecule has 0 atom stereocenters. The van der Waals surface area contributed by atoms with Crippen LogP contribution < -0.4 is 4.74 Å². The molecule has 0 aliphatic heterocycles. The van der Waals surface area contributed by atoms with Crippen molar-refractivity contribution in [3.8, 4) is 62.1 Å². The summed E-state index contributed by atoms with van der Waals surface area (Å²) in [6.45, 7) is 0. The van der Waals surface area contributed by atoms with E-state index in [0.29, 0.717) is 5.95 Å². The number of rotatable bonds is 7. The highest BCUT2D eigenvalue weighted by Crippen LogP contribution is 2.37. The smallest absolute Gasteiger partial charge is 0.234 e. The van der Waals surface area contributed by atoms with Crippen LogP contribution in [0.1, 0.15) is 0 Å². The van der Waals surface area contributed by atoms with Crippen LogP contribution in [0.25, 0.3) is 72.4 Å². The Balaban J connectivity index is 1.08. The topological polar surface area (TPSA) is 52.8 Å². The van der Waals surface area contributed by atoms with Gasteiger partial charge in [-0.25, -0.2) is 9.97 Å². The summed E-state index contributed by atoms with van der Waals surface area (Å²) in [4.78, 5) is 13.9. The van der Waals surface area contributed by atoms with Gasteiger partial charge in [0.1, 0.15) is 11.5 Å². The number of hydrogen-bond acceptors (Lipinski definition) is 4. The number of pyridine rings is 1. The van der Waals surface area contributed by atoms with Gasteiger partial charge in [-0.15, -0.1) is 0 Å². The van der Waals surface area contributed by atoms with E-state index in [1.54, 1.807) is 12.4 Å². The Morgan fingerprint density at radius 1 is 0.360 bits per heavy atom. The molecule has 0 fully saturated rings. The van der Waals surface area contributed by atoms with Crippen LogP contribution in [-0.2, 0) is 0 Å². The maximum atomic E-state index is 6.51. The number of fused-ring (bicyclic) bond motifs is 3. The van der Waals surface area contributed by atoms with Gasteiger partial charge in [-0.3, -0.25) is 9.55 Å². The van der Waals surface area contributed by atoms with Crippen molar-refractivity contribution in [2.75, 3.05) is 0 Å². The number of benzene rings is 6. The first kappa shape index (κ1) is 29.3. The molecule has 236 valence electrons. The zero-order valence-corrected chi connectivity index (χ0v) is 27.0. The molecule has 50 heavy (non-hydrogen) atoms. The van der Waals surface area contributed by atoms with Crippen molar-refractivity contribution in [1.82, 2.24) is 19.5 Å². The Morgan fingerprint density at radius 2 is 0.980 bits per heavy atom. The molecule has 0 aliphatic rings. The van der Waals surface area contributed by atoms with Crippen molar-refractivity contribution >= 4 is 21.8 Å². The summed E-state index contributed by atoms with van der Waals surface area (Å²) in [7, 11) is 0. The molecular weight excluding hydrogens is 613 g/mol.